The summed E-state index contributed by atoms with van der Waals surface area (Å²) in [4.78, 5) is 21.8. The minimum atomic E-state index is -4.21. The van der Waals surface area contributed by atoms with Gasteiger partial charge in [0.05, 0.1) is 23.8 Å². The number of amides is 1. The topological polar surface area (TPSA) is 119 Å². The Morgan fingerprint density at radius 1 is 1.10 bits per heavy atom. The first-order valence-electron chi connectivity index (χ1n) is 8.33. The van der Waals surface area contributed by atoms with E-state index in [0.717, 1.165) is 40.7 Å². The van der Waals surface area contributed by atoms with Crippen molar-refractivity contribution < 1.29 is 31.7 Å². The summed E-state index contributed by atoms with van der Waals surface area (Å²) in [6.45, 7) is 0.397. The standard InChI is InChI=1S/C17H15F2N3O6S/c18-13-4-2-12(22(24)25)10-15(13)20-17(23)11-1-3-14(19)16(9-11)29(26,27)21-5-7-28-8-6-21/h1-4,9-10H,5-8H2,(H,20,23). The Labute approximate surface area is 164 Å². The quantitative estimate of drug-likeness (QED) is 0.577. The molecule has 1 N–H and O–H groups in total. The molecular weight excluding hydrogens is 412 g/mol. The zero-order valence-electron chi connectivity index (χ0n) is 14.8. The van der Waals surface area contributed by atoms with E-state index in [1.807, 2.05) is 0 Å². The molecular formula is C17H15F2N3O6S. The van der Waals surface area contributed by atoms with Gasteiger partial charge in [-0.05, 0) is 24.3 Å². The van der Waals surface area contributed by atoms with E-state index in [2.05, 4.69) is 5.32 Å². The van der Waals surface area contributed by atoms with Crippen LogP contribution in [0.5, 0.6) is 0 Å². The predicted molar refractivity (Wildman–Crippen MR) is 97.0 cm³/mol. The lowest BCUT2D eigenvalue weighted by molar-refractivity contribution is -0.384. The summed E-state index contributed by atoms with van der Waals surface area (Å²) in [7, 11) is -4.21. The first-order valence-corrected chi connectivity index (χ1v) is 9.77. The van der Waals surface area contributed by atoms with Gasteiger partial charge in [-0.25, -0.2) is 17.2 Å². The number of carbonyl (C=O) groups excluding carboxylic acids is 1. The highest BCUT2D eigenvalue weighted by molar-refractivity contribution is 7.89. The monoisotopic (exact) mass is 427 g/mol. The van der Waals surface area contributed by atoms with Gasteiger partial charge in [0.1, 0.15) is 16.5 Å². The van der Waals surface area contributed by atoms with Crippen LogP contribution in [-0.4, -0.2) is 49.9 Å². The molecule has 0 unspecified atom stereocenters. The summed E-state index contributed by atoms with van der Waals surface area (Å²) in [5.74, 6) is -2.93. The molecule has 0 spiro atoms. The number of carbonyl (C=O) groups is 1. The van der Waals surface area contributed by atoms with Gasteiger partial charge in [0.2, 0.25) is 10.0 Å². The molecule has 0 radical (unpaired) electrons. The summed E-state index contributed by atoms with van der Waals surface area (Å²) >= 11 is 0. The van der Waals surface area contributed by atoms with Crippen LogP contribution in [0.2, 0.25) is 0 Å². The number of ether oxygens (including phenoxy) is 1. The number of benzene rings is 2. The van der Waals surface area contributed by atoms with E-state index in [-0.39, 0.29) is 31.9 Å². The van der Waals surface area contributed by atoms with Crippen molar-refractivity contribution in [1.29, 1.82) is 0 Å². The summed E-state index contributed by atoms with van der Waals surface area (Å²) in [6, 6.07) is 5.24. The SMILES string of the molecule is O=C(Nc1cc([N+](=O)[O-])ccc1F)c1ccc(F)c(S(=O)(=O)N2CCOCC2)c1. The molecule has 1 fully saturated rings. The van der Waals surface area contributed by atoms with E-state index in [0.29, 0.717) is 0 Å². The van der Waals surface area contributed by atoms with Crippen LogP contribution in [0.15, 0.2) is 41.3 Å². The van der Waals surface area contributed by atoms with Crippen LogP contribution in [-0.2, 0) is 14.8 Å². The molecule has 154 valence electrons. The lowest BCUT2D eigenvalue weighted by Gasteiger charge is -2.26. The third-order valence-electron chi connectivity index (χ3n) is 4.19. The van der Waals surface area contributed by atoms with Crippen LogP contribution < -0.4 is 5.32 Å². The molecule has 12 heteroatoms. The number of non-ortho nitro benzene ring substituents is 1. The van der Waals surface area contributed by atoms with Crippen LogP contribution in [0.3, 0.4) is 0 Å². The average Bonchev–Trinajstić information content (AvgIpc) is 2.70. The minimum absolute atomic E-state index is 0.0388. The summed E-state index contributed by atoms with van der Waals surface area (Å²) in [5.41, 5.74) is -1.17. The van der Waals surface area contributed by atoms with E-state index >= 15 is 0 Å². The van der Waals surface area contributed by atoms with Crippen molar-refractivity contribution in [3.8, 4) is 0 Å². The van der Waals surface area contributed by atoms with Crippen LogP contribution >= 0.6 is 0 Å². The molecule has 29 heavy (non-hydrogen) atoms. The van der Waals surface area contributed by atoms with Crippen LogP contribution in [0, 0.1) is 21.7 Å². The number of morpholine rings is 1. The van der Waals surface area contributed by atoms with Gasteiger partial charge in [-0.3, -0.25) is 14.9 Å². The number of nitro groups is 1. The second-order valence-electron chi connectivity index (χ2n) is 6.04. The van der Waals surface area contributed by atoms with Crippen molar-refractivity contribution in [2.75, 3.05) is 31.6 Å². The third-order valence-corrected chi connectivity index (χ3v) is 6.10. The fraction of sp³-hybridized carbons (Fsp3) is 0.235. The van der Waals surface area contributed by atoms with Crippen LogP contribution in [0.4, 0.5) is 20.2 Å². The Bertz CT molecular complexity index is 1070. The Balaban J connectivity index is 1.90. The van der Waals surface area contributed by atoms with Crippen LogP contribution in [0.1, 0.15) is 10.4 Å². The number of nitrogens with zero attached hydrogens (tertiary/aromatic N) is 2. The molecule has 3 rings (SSSR count). The summed E-state index contributed by atoms with van der Waals surface area (Å²) in [5, 5.41) is 12.9. The first-order chi connectivity index (χ1) is 13.7. The highest BCUT2D eigenvalue weighted by Gasteiger charge is 2.30. The number of rotatable bonds is 5. The maximum absolute atomic E-state index is 14.2. The minimum Gasteiger partial charge on any atom is -0.379 e. The van der Waals surface area contributed by atoms with Gasteiger partial charge in [-0.1, -0.05) is 0 Å². The first kappa shape index (κ1) is 20.8. The largest absolute Gasteiger partial charge is 0.379 e. The highest BCUT2D eigenvalue weighted by Crippen LogP contribution is 2.24. The van der Waals surface area contributed by atoms with Gasteiger partial charge in [-0.2, -0.15) is 4.31 Å². The van der Waals surface area contributed by atoms with E-state index in [1.54, 1.807) is 0 Å². The summed E-state index contributed by atoms with van der Waals surface area (Å²) < 4.78 is 59.6. The molecule has 0 aliphatic carbocycles. The van der Waals surface area contributed by atoms with Crippen molar-refractivity contribution in [2.45, 2.75) is 4.90 Å². The molecule has 1 aliphatic heterocycles. The molecule has 1 heterocycles. The Hall–Kier alpha value is -2.96. The number of anilines is 1. The Kier molecular flexibility index (Phi) is 5.86. The Morgan fingerprint density at radius 2 is 1.76 bits per heavy atom. The predicted octanol–water partition coefficient (Wildman–Crippen LogP) is 2.15. The molecule has 1 amide bonds. The second-order valence-corrected chi connectivity index (χ2v) is 7.94. The third kappa shape index (κ3) is 4.39. The van der Waals surface area contributed by atoms with Crippen molar-refractivity contribution in [3.05, 3.63) is 63.7 Å². The van der Waals surface area contributed by atoms with E-state index in [4.69, 9.17) is 4.74 Å². The van der Waals surface area contributed by atoms with E-state index in [1.165, 1.54) is 0 Å². The maximum Gasteiger partial charge on any atom is 0.271 e. The van der Waals surface area contributed by atoms with Crippen molar-refractivity contribution in [3.63, 3.8) is 0 Å². The Morgan fingerprint density at radius 3 is 2.41 bits per heavy atom. The van der Waals surface area contributed by atoms with Crippen molar-refractivity contribution in [1.82, 2.24) is 4.31 Å². The summed E-state index contributed by atoms with van der Waals surface area (Å²) in [6.07, 6.45) is 0. The van der Waals surface area contributed by atoms with Gasteiger partial charge in [-0.15, -0.1) is 0 Å². The highest BCUT2D eigenvalue weighted by atomic mass is 32.2. The molecule has 0 bridgehead atoms. The van der Waals surface area contributed by atoms with Gasteiger partial charge in [0.25, 0.3) is 11.6 Å². The zero-order chi connectivity index (χ0) is 21.2. The number of hydrogen-bond acceptors (Lipinski definition) is 6. The lowest BCUT2D eigenvalue weighted by atomic mass is 10.2. The van der Waals surface area contributed by atoms with Gasteiger partial charge in [0.15, 0.2) is 0 Å². The number of nitrogens with one attached hydrogen (secondary N) is 1. The fourth-order valence-corrected chi connectivity index (χ4v) is 4.18. The molecule has 9 nitrogen and oxygen atoms in total. The molecule has 0 saturated carbocycles. The average molecular weight is 427 g/mol. The fourth-order valence-electron chi connectivity index (χ4n) is 2.69. The van der Waals surface area contributed by atoms with E-state index in [9.17, 15) is 32.1 Å². The van der Waals surface area contributed by atoms with Crippen LogP contribution in [0.25, 0.3) is 0 Å². The second kappa shape index (κ2) is 8.19. The van der Waals surface area contributed by atoms with Gasteiger partial charge < -0.3 is 10.1 Å². The number of sulfonamides is 1. The van der Waals surface area contributed by atoms with Gasteiger partial charge in [0, 0.05) is 30.8 Å². The molecule has 2 aromatic carbocycles. The molecule has 0 aromatic heterocycles. The van der Waals surface area contributed by atoms with Crippen molar-refractivity contribution >= 4 is 27.3 Å². The van der Waals surface area contributed by atoms with Crippen molar-refractivity contribution in [2.24, 2.45) is 0 Å². The molecule has 0 atom stereocenters. The lowest BCUT2D eigenvalue weighted by Crippen LogP contribution is -2.41. The molecule has 2 aromatic rings. The normalized spacial score (nSPS) is 15.1. The zero-order valence-corrected chi connectivity index (χ0v) is 15.6. The molecule has 1 saturated heterocycles. The molecule has 1 aliphatic rings. The number of hydrogen-bond donors (Lipinski definition) is 1. The van der Waals surface area contributed by atoms with E-state index < -0.39 is 48.8 Å². The smallest absolute Gasteiger partial charge is 0.271 e. The maximum atomic E-state index is 14.2. The number of nitro benzene ring substituents is 1. The number of halogens is 2. The van der Waals surface area contributed by atoms with Gasteiger partial charge >= 0.3 is 0 Å².